The van der Waals surface area contributed by atoms with E-state index in [4.69, 9.17) is 4.74 Å². The summed E-state index contributed by atoms with van der Waals surface area (Å²) in [5.74, 6) is -0.999. The maximum absolute atomic E-state index is 13.0. The molecule has 0 bridgehead atoms. The Hall–Kier alpha value is -1.10. The number of carboxylic acids is 1. The van der Waals surface area contributed by atoms with E-state index < -0.39 is 11.9 Å². The van der Waals surface area contributed by atoms with Crippen LogP contribution in [-0.4, -0.2) is 48.2 Å². The molecule has 1 aliphatic heterocycles. The summed E-state index contributed by atoms with van der Waals surface area (Å²) in [6.07, 6.45) is 6.28. The molecule has 5 nitrogen and oxygen atoms in total. The molecule has 2 rings (SSSR count). The predicted octanol–water partition coefficient (Wildman–Crippen LogP) is 2.30. The van der Waals surface area contributed by atoms with Crippen molar-refractivity contribution >= 4 is 11.9 Å². The van der Waals surface area contributed by atoms with Crippen molar-refractivity contribution in [1.82, 2.24) is 4.90 Å². The number of likely N-dealkylation sites (tertiary alicyclic amines) is 1. The third-order valence-electron chi connectivity index (χ3n) is 5.00. The molecule has 0 radical (unpaired) electrons. The Kier molecular flexibility index (Phi) is 5.62. The number of carbonyl (C=O) groups is 2. The summed E-state index contributed by atoms with van der Waals surface area (Å²) in [6.45, 7) is 4.35. The molecule has 120 valence electrons. The average molecular weight is 297 g/mol. The molecule has 0 aromatic heterocycles. The van der Waals surface area contributed by atoms with Gasteiger partial charge in [-0.25, -0.2) is 0 Å². The zero-order valence-electron chi connectivity index (χ0n) is 13.0. The number of hydrogen-bond donors (Lipinski definition) is 1. The van der Waals surface area contributed by atoms with Gasteiger partial charge in [-0.05, 0) is 39.0 Å². The monoisotopic (exact) mass is 297 g/mol. The summed E-state index contributed by atoms with van der Waals surface area (Å²) in [4.78, 5) is 25.9. The summed E-state index contributed by atoms with van der Waals surface area (Å²) >= 11 is 0. The molecule has 2 aliphatic rings. The van der Waals surface area contributed by atoms with Crippen LogP contribution in [0.3, 0.4) is 0 Å². The number of nitrogens with zero attached hydrogens (tertiary/aromatic N) is 1. The average Bonchev–Trinajstić information content (AvgIpc) is 2.97. The zero-order chi connectivity index (χ0) is 15.3. The van der Waals surface area contributed by atoms with Crippen LogP contribution in [0, 0.1) is 11.3 Å². The van der Waals surface area contributed by atoms with Gasteiger partial charge in [0, 0.05) is 26.3 Å². The first-order valence-corrected chi connectivity index (χ1v) is 8.19. The van der Waals surface area contributed by atoms with E-state index in [1.54, 1.807) is 4.90 Å². The third kappa shape index (κ3) is 3.76. The van der Waals surface area contributed by atoms with Gasteiger partial charge in [0.25, 0.3) is 0 Å². The molecule has 5 heteroatoms. The first kappa shape index (κ1) is 16.3. The Morgan fingerprint density at radius 1 is 1.29 bits per heavy atom. The molecule has 0 aromatic rings. The Morgan fingerprint density at radius 3 is 2.62 bits per heavy atom. The van der Waals surface area contributed by atoms with Crippen molar-refractivity contribution in [2.45, 2.75) is 51.9 Å². The van der Waals surface area contributed by atoms with Gasteiger partial charge in [-0.15, -0.1) is 0 Å². The summed E-state index contributed by atoms with van der Waals surface area (Å²) in [6, 6.07) is 0. The van der Waals surface area contributed by atoms with E-state index in [1.807, 2.05) is 6.92 Å². The largest absolute Gasteiger partial charge is 0.481 e. The van der Waals surface area contributed by atoms with Gasteiger partial charge in [0.05, 0.1) is 11.3 Å². The van der Waals surface area contributed by atoms with E-state index in [0.717, 1.165) is 38.5 Å². The van der Waals surface area contributed by atoms with E-state index in [9.17, 15) is 14.7 Å². The van der Waals surface area contributed by atoms with Crippen molar-refractivity contribution in [2.75, 3.05) is 26.3 Å². The maximum atomic E-state index is 13.0. The van der Waals surface area contributed by atoms with Gasteiger partial charge in [0.2, 0.25) is 5.91 Å². The molecule has 0 aromatic carbocycles. The third-order valence-corrected chi connectivity index (χ3v) is 5.00. The van der Waals surface area contributed by atoms with Gasteiger partial charge in [-0.3, -0.25) is 9.59 Å². The number of aliphatic carboxylic acids is 1. The summed E-state index contributed by atoms with van der Waals surface area (Å²) in [5, 5.41) is 9.18. The number of amides is 1. The molecule has 21 heavy (non-hydrogen) atoms. The lowest BCUT2D eigenvalue weighted by molar-refractivity contribution is -0.150. The van der Waals surface area contributed by atoms with Crippen molar-refractivity contribution in [3.8, 4) is 0 Å². The highest BCUT2D eigenvalue weighted by Crippen LogP contribution is 2.43. The Balaban J connectivity index is 2.02. The highest BCUT2D eigenvalue weighted by Gasteiger charge is 2.44. The van der Waals surface area contributed by atoms with Crippen molar-refractivity contribution in [3.63, 3.8) is 0 Å². The molecule has 2 fully saturated rings. The van der Waals surface area contributed by atoms with Crippen molar-refractivity contribution in [3.05, 3.63) is 0 Å². The van der Waals surface area contributed by atoms with Crippen LogP contribution in [0.5, 0.6) is 0 Å². The number of rotatable bonds is 6. The fourth-order valence-electron chi connectivity index (χ4n) is 3.73. The lowest BCUT2D eigenvalue weighted by atomic mass is 9.80. The topological polar surface area (TPSA) is 66.8 Å². The van der Waals surface area contributed by atoms with Gasteiger partial charge in [-0.1, -0.05) is 12.8 Å². The second-order valence-corrected chi connectivity index (χ2v) is 6.36. The SMILES string of the molecule is CCOCCC1(C(=O)N2CCC[C@H](C(=O)O)C2)CCCC1. The maximum Gasteiger partial charge on any atom is 0.308 e. The Bertz CT molecular complexity index is 376. The van der Waals surface area contributed by atoms with Crippen LogP contribution in [0.2, 0.25) is 0 Å². The van der Waals surface area contributed by atoms with Gasteiger partial charge in [0.15, 0.2) is 0 Å². The van der Waals surface area contributed by atoms with Gasteiger partial charge >= 0.3 is 5.97 Å². The van der Waals surface area contributed by atoms with E-state index >= 15 is 0 Å². The molecule has 1 atom stereocenters. The number of hydrogen-bond acceptors (Lipinski definition) is 3. The molecule has 1 aliphatic carbocycles. The number of carbonyl (C=O) groups excluding carboxylic acids is 1. The van der Waals surface area contributed by atoms with Crippen LogP contribution in [-0.2, 0) is 14.3 Å². The van der Waals surface area contributed by atoms with E-state index in [2.05, 4.69) is 0 Å². The van der Waals surface area contributed by atoms with Crippen LogP contribution in [0.1, 0.15) is 51.9 Å². The molecule has 0 unspecified atom stereocenters. The first-order valence-electron chi connectivity index (χ1n) is 8.19. The van der Waals surface area contributed by atoms with Gasteiger partial charge in [0.1, 0.15) is 0 Å². The molecular weight excluding hydrogens is 270 g/mol. The fraction of sp³-hybridized carbons (Fsp3) is 0.875. The van der Waals surface area contributed by atoms with Crippen LogP contribution in [0.15, 0.2) is 0 Å². The first-order chi connectivity index (χ1) is 10.1. The molecule has 1 saturated heterocycles. The minimum atomic E-state index is -0.776. The fourth-order valence-corrected chi connectivity index (χ4v) is 3.73. The molecular formula is C16H27NO4. The standard InChI is InChI=1S/C16H27NO4/c1-2-21-11-9-16(7-3-4-8-16)15(20)17-10-5-6-13(12-17)14(18)19/h13H,2-12H2,1H3,(H,18,19)/t13-/m0/s1. The molecule has 1 N–H and O–H groups in total. The Labute approximate surface area is 126 Å². The van der Waals surface area contributed by atoms with Crippen LogP contribution in [0.25, 0.3) is 0 Å². The predicted molar refractivity (Wildman–Crippen MR) is 79.0 cm³/mol. The smallest absolute Gasteiger partial charge is 0.308 e. The zero-order valence-corrected chi connectivity index (χ0v) is 13.0. The summed E-state index contributed by atoms with van der Waals surface area (Å²) in [7, 11) is 0. The minimum Gasteiger partial charge on any atom is -0.481 e. The van der Waals surface area contributed by atoms with E-state index in [0.29, 0.717) is 32.7 Å². The molecule has 1 heterocycles. The summed E-state index contributed by atoms with van der Waals surface area (Å²) < 4.78 is 5.45. The van der Waals surface area contributed by atoms with E-state index in [-0.39, 0.29) is 11.3 Å². The molecule has 1 saturated carbocycles. The highest BCUT2D eigenvalue weighted by atomic mass is 16.5. The van der Waals surface area contributed by atoms with Gasteiger partial charge in [-0.2, -0.15) is 0 Å². The molecule has 1 amide bonds. The lowest BCUT2D eigenvalue weighted by Gasteiger charge is -2.38. The number of piperidine rings is 1. The molecule has 0 spiro atoms. The summed E-state index contributed by atoms with van der Waals surface area (Å²) in [5.41, 5.74) is -0.296. The Morgan fingerprint density at radius 2 is 2.00 bits per heavy atom. The minimum absolute atomic E-state index is 0.172. The van der Waals surface area contributed by atoms with E-state index in [1.165, 1.54) is 0 Å². The second kappa shape index (κ2) is 7.25. The second-order valence-electron chi connectivity index (χ2n) is 6.36. The van der Waals surface area contributed by atoms with Crippen LogP contribution < -0.4 is 0 Å². The van der Waals surface area contributed by atoms with Crippen molar-refractivity contribution in [2.24, 2.45) is 11.3 Å². The van der Waals surface area contributed by atoms with Crippen molar-refractivity contribution < 1.29 is 19.4 Å². The number of carboxylic acid groups (broad SMARTS) is 1. The van der Waals surface area contributed by atoms with Crippen LogP contribution >= 0.6 is 0 Å². The normalized spacial score (nSPS) is 25.0. The highest BCUT2D eigenvalue weighted by molar-refractivity contribution is 5.84. The van der Waals surface area contributed by atoms with Crippen molar-refractivity contribution in [1.29, 1.82) is 0 Å². The lowest BCUT2D eigenvalue weighted by Crippen LogP contribution is -2.49. The van der Waals surface area contributed by atoms with Gasteiger partial charge < -0.3 is 14.7 Å². The quantitative estimate of drug-likeness (QED) is 0.764. The number of ether oxygens (including phenoxy) is 1. The van der Waals surface area contributed by atoms with Crippen LogP contribution in [0.4, 0.5) is 0 Å².